The molecule has 20 heavy (non-hydrogen) atoms. The van der Waals surface area contributed by atoms with Crippen LogP contribution in [-0.2, 0) is 16.0 Å². The summed E-state index contributed by atoms with van der Waals surface area (Å²) in [7, 11) is 0. The number of carbonyl (C=O) groups is 1. The van der Waals surface area contributed by atoms with E-state index in [0.717, 1.165) is 6.54 Å². The average molecular weight is 297 g/mol. The standard InChI is InChI=1S/C16H27NO2S/c1-12(2)11-17-16(6,10-13-8-7-9-20-13)14(18)19-15(3,4)5/h7-9,12,17H,10-11H2,1-6H3. The molecule has 0 saturated heterocycles. The van der Waals surface area contributed by atoms with Crippen molar-refractivity contribution in [2.75, 3.05) is 6.54 Å². The number of ether oxygens (including phenoxy) is 1. The van der Waals surface area contributed by atoms with Crippen LogP contribution in [-0.4, -0.2) is 23.7 Å². The van der Waals surface area contributed by atoms with E-state index in [-0.39, 0.29) is 5.97 Å². The molecule has 0 aromatic carbocycles. The summed E-state index contributed by atoms with van der Waals surface area (Å²) in [5.74, 6) is 0.305. The molecule has 1 aromatic rings. The van der Waals surface area contributed by atoms with Crippen LogP contribution >= 0.6 is 11.3 Å². The number of thiophene rings is 1. The molecule has 1 N–H and O–H groups in total. The number of hydrogen-bond donors (Lipinski definition) is 1. The van der Waals surface area contributed by atoms with Gasteiger partial charge in [-0.15, -0.1) is 11.3 Å². The van der Waals surface area contributed by atoms with Crippen LogP contribution in [0.1, 0.15) is 46.4 Å². The van der Waals surface area contributed by atoms with Crippen LogP contribution in [0.2, 0.25) is 0 Å². The van der Waals surface area contributed by atoms with Crippen LogP contribution < -0.4 is 5.32 Å². The van der Waals surface area contributed by atoms with Gasteiger partial charge < -0.3 is 10.1 Å². The topological polar surface area (TPSA) is 38.3 Å². The lowest BCUT2D eigenvalue weighted by atomic mass is 9.95. The van der Waals surface area contributed by atoms with E-state index in [4.69, 9.17) is 4.74 Å². The Bertz CT molecular complexity index is 420. The lowest BCUT2D eigenvalue weighted by molar-refractivity contribution is -0.162. The molecule has 0 amide bonds. The lowest BCUT2D eigenvalue weighted by Crippen LogP contribution is -2.54. The molecule has 1 atom stereocenters. The summed E-state index contributed by atoms with van der Waals surface area (Å²) in [4.78, 5) is 13.7. The first-order chi connectivity index (χ1) is 9.12. The molecule has 1 heterocycles. The molecule has 114 valence electrons. The maximum Gasteiger partial charge on any atom is 0.326 e. The van der Waals surface area contributed by atoms with Crippen LogP contribution in [0.15, 0.2) is 17.5 Å². The Morgan fingerprint density at radius 3 is 2.45 bits per heavy atom. The molecule has 1 rings (SSSR count). The van der Waals surface area contributed by atoms with Gasteiger partial charge in [-0.1, -0.05) is 19.9 Å². The Kier molecular flexibility index (Phi) is 5.78. The van der Waals surface area contributed by atoms with E-state index in [1.807, 2.05) is 39.1 Å². The maximum absolute atomic E-state index is 12.5. The molecule has 0 saturated carbocycles. The Balaban J connectivity index is 2.85. The Labute approximate surface area is 126 Å². The Hall–Kier alpha value is -0.870. The van der Waals surface area contributed by atoms with Crippen molar-refractivity contribution in [3.05, 3.63) is 22.4 Å². The minimum Gasteiger partial charge on any atom is -0.459 e. The van der Waals surface area contributed by atoms with E-state index in [1.54, 1.807) is 11.3 Å². The number of esters is 1. The second kappa shape index (κ2) is 6.72. The van der Waals surface area contributed by atoms with E-state index >= 15 is 0 Å². The molecule has 0 bridgehead atoms. The van der Waals surface area contributed by atoms with Gasteiger partial charge >= 0.3 is 5.97 Å². The second-order valence-electron chi connectivity index (χ2n) is 6.86. The molecule has 0 aliphatic rings. The SMILES string of the molecule is CC(C)CNC(C)(Cc1cccs1)C(=O)OC(C)(C)C. The summed E-state index contributed by atoms with van der Waals surface area (Å²) < 4.78 is 5.59. The zero-order valence-electron chi connectivity index (χ0n) is 13.4. The van der Waals surface area contributed by atoms with Gasteiger partial charge in [-0.05, 0) is 51.6 Å². The van der Waals surface area contributed by atoms with E-state index in [9.17, 15) is 4.79 Å². The largest absolute Gasteiger partial charge is 0.459 e. The monoisotopic (exact) mass is 297 g/mol. The second-order valence-corrected chi connectivity index (χ2v) is 7.90. The van der Waals surface area contributed by atoms with E-state index < -0.39 is 11.1 Å². The third-order valence-corrected chi connectivity index (χ3v) is 3.73. The van der Waals surface area contributed by atoms with Crippen molar-refractivity contribution in [1.29, 1.82) is 0 Å². The minimum atomic E-state index is -0.678. The van der Waals surface area contributed by atoms with Crippen molar-refractivity contribution in [3.63, 3.8) is 0 Å². The maximum atomic E-state index is 12.5. The van der Waals surface area contributed by atoms with E-state index in [1.165, 1.54) is 4.88 Å². The quantitative estimate of drug-likeness (QED) is 0.815. The predicted molar refractivity (Wildman–Crippen MR) is 85.1 cm³/mol. The molecule has 0 aliphatic heterocycles. The van der Waals surface area contributed by atoms with E-state index in [0.29, 0.717) is 12.3 Å². The first kappa shape index (κ1) is 17.2. The zero-order chi connectivity index (χ0) is 15.4. The molecule has 3 nitrogen and oxygen atoms in total. The third-order valence-electron chi connectivity index (χ3n) is 2.86. The molecule has 0 spiro atoms. The van der Waals surface area contributed by atoms with Crippen molar-refractivity contribution >= 4 is 17.3 Å². The molecule has 1 unspecified atom stereocenters. The highest BCUT2D eigenvalue weighted by Crippen LogP contribution is 2.22. The highest BCUT2D eigenvalue weighted by molar-refractivity contribution is 7.09. The van der Waals surface area contributed by atoms with Gasteiger partial charge in [0.25, 0.3) is 0 Å². The zero-order valence-corrected chi connectivity index (χ0v) is 14.3. The summed E-state index contributed by atoms with van der Waals surface area (Å²) in [5.41, 5.74) is -1.14. The van der Waals surface area contributed by atoms with Crippen LogP contribution in [0, 0.1) is 5.92 Å². The number of hydrogen-bond acceptors (Lipinski definition) is 4. The van der Waals surface area contributed by atoms with Gasteiger partial charge in [0, 0.05) is 11.3 Å². The van der Waals surface area contributed by atoms with Crippen molar-refractivity contribution in [2.45, 2.75) is 59.1 Å². The minimum absolute atomic E-state index is 0.181. The molecule has 1 aromatic heterocycles. The number of rotatable bonds is 6. The first-order valence-corrected chi connectivity index (χ1v) is 8.01. The Morgan fingerprint density at radius 1 is 1.35 bits per heavy atom. The van der Waals surface area contributed by atoms with Gasteiger partial charge in [0.2, 0.25) is 0 Å². The molecule has 0 radical (unpaired) electrons. The van der Waals surface area contributed by atoms with Gasteiger partial charge in [0.1, 0.15) is 11.1 Å². The van der Waals surface area contributed by atoms with Gasteiger partial charge in [-0.3, -0.25) is 4.79 Å². The summed E-state index contributed by atoms with van der Waals surface area (Å²) in [6.45, 7) is 12.7. The molecular formula is C16H27NO2S. The lowest BCUT2D eigenvalue weighted by Gasteiger charge is -2.32. The fourth-order valence-corrected chi connectivity index (χ4v) is 2.65. The van der Waals surface area contributed by atoms with Gasteiger partial charge in [0.05, 0.1) is 0 Å². The smallest absolute Gasteiger partial charge is 0.326 e. The molecule has 0 fully saturated rings. The highest BCUT2D eigenvalue weighted by atomic mass is 32.1. The van der Waals surface area contributed by atoms with Crippen molar-refractivity contribution in [3.8, 4) is 0 Å². The number of nitrogens with one attached hydrogen (secondary N) is 1. The van der Waals surface area contributed by atoms with Crippen molar-refractivity contribution < 1.29 is 9.53 Å². The average Bonchev–Trinajstić information content (AvgIpc) is 2.76. The fraction of sp³-hybridized carbons (Fsp3) is 0.688. The fourth-order valence-electron chi connectivity index (χ4n) is 1.79. The van der Waals surface area contributed by atoms with Crippen LogP contribution in [0.25, 0.3) is 0 Å². The molecular weight excluding hydrogens is 270 g/mol. The summed E-state index contributed by atoms with van der Waals surface area (Å²) in [6.07, 6.45) is 0.659. The summed E-state index contributed by atoms with van der Waals surface area (Å²) in [5, 5.41) is 5.42. The van der Waals surface area contributed by atoms with Crippen LogP contribution in [0.5, 0.6) is 0 Å². The normalized spacial score (nSPS) is 15.2. The van der Waals surface area contributed by atoms with Crippen LogP contribution in [0.4, 0.5) is 0 Å². The summed E-state index contributed by atoms with van der Waals surface area (Å²) >= 11 is 1.67. The molecule has 4 heteroatoms. The number of carbonyl (C=O) groups excluding carboxylic acids is 1. The van der Waals surface area contributed by atoms with Crippen molar-refractivity contribution in [1.82, 2.24) is 5.32 Å². The summed E-state index contributed by atoms with van der Waals surface area (Å²) in [6, 6.07) is 4.07. The van der Waals surface area contributed by atoms with Gasteiger partial charge in [-0.2, -0.15) is 0 Å². The predicted octanol–water partition coefficient (Wildman–Crippen LogP) is 3.64. The highest BCUT2D eigenvalue weighted by Gasteiger charge is 2.37. The van der Waals surface area contributed by atoms with Gasteiger partial charge in [0.15, 0.2) is 0 Å². The third kappa shape index (κ3) is 5.63. The van der Waals surface area contributed by atoms with E-state index in [2.05, 4.69) is 25.2 Å². The molecule has 0 aliphatic carbocycles. The van der Waals surface area contributed by atoms with Crippen LogP contribution in [0.3, 0.4) is 0 Å². The first-order valence-electron chi connectivity index (χ1n) is 7.13. The Morgan fingerprint density at radius 2 is 2.00 bits per heavy atom. The van der Waals surface area contributed by atoms with Crippen molar-refractivity contribution in [2.24, 2.45) is 5.92 Å². The van der Waals surface area contributed by atoms with Gasteiger partial charge in [-0.25, -0.2) is 0 Å².